The minimum absolute atomic E-state index is 0.0452. The molecule has 3 heterocycles. The number of benzene rings is 1. The first-order valence-electron chi connectivity index (χ1n) is 14.9. The molecule has 5 rings (SSSR count). The molecule has 10 heteroatoms. The number of carboxylic acids is 1. The molecule has 2 fully saturated rings. The summed E-state index contributed by atoms with van der Waals surface area (Å²) in [7, 11) is 2.10. The fourth-order valence-corrected chi connectivity index (χ4v) is 5.37. The van der Waals surface area contributed by atoms with Gasteiger partial charge in [-0.15, -0.1) is 0 Å². The Kier molecular flexibility index (Phi) is 11.5. The highest BCUT2D eigenvalue weighted by Crippen LogP contribution is 2.30. The SMILES string of the molecule is CC(C)(C)c1cc(-c2ccc(Cl)cc2)nn2cc(C=O)nc12.CC1CCC(C(=O)O)CC1.CN1CCN(C=O)CC1(C)C. The lowest BCUT2D eigenvalue weighted by Gasteiger charge is -2.43. The Balaban J connectivity index is 0.000000201. The fourth-order valence-electron chi connectivity index (χ4n) is 5.24. The molecule has 0 radical (unpaired) electrons. The monoisotopic (exact) mass is 611 g/mol. The molecule has 1 aromatic carbocycles. The molecular weight excluding hydrogens is 566 g/mol. The lowest BCUT2D eigenvalue weighted by atomic mass is 9.83. The van der Waals surface area contributed by atoms with Crippen molar-refractivity contribution in [3.8, 4) is 11.3 Å². The quantitative estimate of drug-likeness (QED) is 0.349. The van der Waals surface area contributed by atoms with Crippen LogP contribution in [0.1, 0.15) is 83.3 Å². The first-order chi connectivity index (χ1) is 20.1. The van der Waals surface area contributed by atoms with Crippen LogP contribution < -0.4 is 0 Å². The van der Waals surface area contributed by atoms with Crippen LogP contribution >= 0.6 is 11.6 Å². The topological polar surface area (TPSA) is 108 Å². The third-order valence-electron chi connectivity index (χ3n) is 8.37. The van der Waals surface area contributed by atoms with E-state index in [4.69, 9.17) is 16.7 Å². The predicted octanol–water partition coefficient (Wildman–Crippen LogP) is 6.23. The van der Waals surface area contributed by atoms with Crippen molar-refractivity contribution in [3.05, 3.63) is 52.8 Å². The third kappa shape index (κ3) is 9.34. The number of piperazine rings is 1. The Morgan fingerprint density at radius 1 is 1.07 bits per heavy atom. The van der Waals surface area contributed by atoms with E-state index in [0.29, 0.717) is 16.4 Å². The van der Waals surface area contributed by atoms with Crippen LogP contribution in [-0.4, -0.2) is 80.4 Å². The number of aromatic nitrogens is 3. The summed E-state index contributed by atoms with van der Waals surface area (Å²) >= 11 is 5.95. The molecule has 1 saturated carbocycles. The number of carbonyl (C=O) groups excluding carboxylic acids is 2. The molecule has 0 unspecified atom stereocenters. The van der Waals surface area contributed by atoms with Crippen LogP contribution in [-0.2, 0) is 15.0 Å². The van der Waals surface area contributed by atoms with E-state index in [1.807, 2.05) is 35.2 Å². The van der Waals surface area contributed by atoms with Crippen LogP contribution in [0.2, 0.25) is 5.02 Å². The number of carboxylic acid groups (broad SMARTS) is 1. The number of rotatable bonds is 4. The largest absolute Gasteiger partial charge is 0.481 e. The number of amides is 1. The summed E-state index contributed by atoms with van der Waals surface area (Å²) in [6.07, 6.45) is 7.29. The number of aldehydes is 1. The Hall–Kier alpha value is -3.30. The number of aliphatic carboxylic acids is 1. The number of likely N-dealkylation sites (N-methyl/N-ethyl adjacent to an activating group) is 1. The van der Waals surface area contributed by atoms with Gasteiger partial charge in [0, 0.05) is 41.3 Å². The molecule has 43 heavy (non-hydrogen) atoms. The zero-order valence-corrected chi connectivity index (χ0v) is 27.3. The molecule has 0 atom stereocenters. The van der Waals surface area contributed by atoms with Gasteiger partial charge in [-0.1, -0.05) is 51.4 Å². The molecule has 3 aromatic rings. The first kappa shape index (κ1) is 34.2. The van der Waals surface area contributed by atoms with Crippen molar-refractivity contribution in [1.29, 1.82) is 0 Å². The first-order valence-corrected chi connectivity index (χ1v) is 15.3. The van der Waals surface area contributed by atoms with Gasteiger partial charge in [-0.05, 0) is 76.1 Å². The predicted molar refractivity (Wildman–Crippen MR) is 171 cm³/mol. The fraction of sp³-hybridized carbons (Fsp3) is 0.545. The van der Waals surface area contributed by atoms with E-state index in [2.05, 4.69) is 63.6 Å². The molecule has 1 N–H and O–H groups in total. The van der Waals surface area contributed by atoms with E-state index in [9.17, 15) is 14.4 Å². The van der Waals surface area contributed by atoms with Crippen LogP contribution in [0.25, 0.3) is 16.9 Å². The molecule has 1 aliphatic carbocycles. The lowest BCUT2D eigenvalue weighted by molar-refractivity contribution is -0.143. The molecule has 1 amide bonds. The van der Waals surface area contributed by atoms with Gasteiger partial charge in [0.2, 0.25) is 6.41 Å². The smallest absolute Gasteiger partial charge is 0.306 e. The van der Waals surface area contributed by atoms with E-state index in [1.165, 1.54) is 0 Å². The van der Waals surface area contributed by atoms with Crippen molar-refractivity contribution in [2.24, 2.45) is 11.8 Å². The van der Waals surface area contributed by atoms with Crippen LogP contribution in [0.15, 0.2) is 36.5 Å². The molecule has 0 spiro atoms. The van der Waals surface area contributed by atoms with E-state index in [1.54, 1.807) is 10.7 Å². The lowest BCUT2D eigenvalue weighted by Crippen LogP contribution is -2.57. The van der Waals surface area contributed by atoms with Crippen LogP contribution in [0.5, 0.6) is 0 Å². The van der Waals surface area contributed by atoms with E-state index >= 15 is 0 Å². The zero-order chi connectivity index (χ0) is 31.9. The minimum atomic E-state index is -0.605. The highest BCUT2D eigenvalue weighted by atomic mass is 35.5. The molecule has 234 valence electrons. The maximum Gasteiger partial charge on any atom is 0.306 e. The normalized spacial score (nSPS) is 20.3. The van der Waals surface area contributed by atoms with Gasteiger partial charge >= 0.3 is 5.97 Å². The Morgan fingerprint density at radius 3 is 2.21 bits per heavy atom. The molecule has 9 nitrogen and oxygen atoms in total. The summed E-state index contributed by atoms with van der Waals surface area (Å²) in [5, 5.41) is 13.9. The van der Waals surface area contributed by atoms with Crippen LogP contribution in [0.4, 0.5) is 0 Å². The number of hydrogen-bond donors (Lipinski definition) is 1. The Morgan fingerprint density at radius 2 is 1.70 bits per heavy atom. The second-order valence-electron chi connectivity index (χ2n) is 13.4. The summed E-state index contributed by atoms with van der Waals surface area (Å²) in [5.41, 5.74) is 3.96. The van der Waals surface area contributed by atoms with Crippen molar-refractivity contribution < 1.29 is 19.5 Å². The van der Waals surface area contributed by atoms with E-state index < -0.39 is 5.97 Å². The minimum Gasteiger partial charge on any atom is -0.481 e. The van der Waals surface area contributed by atoms with Crippen LogP contribution in [0.3, 0.4) is 0 Å². The summed E-state index contributed by atoms with van der Waals surface area (Å²) < 4.78 is 1.67. The molecule has 0 bridgehead atoms. The number of imidazole rings is 1. The van der Waals surface area contributed by atoms with Crippen molar-refractivity contribution in [2.45, 2.75) is 78.2 Å². The second-order valence-corrected chi connectivity index (χ2v) is 13.8. The number of halogens is 1. The van der Waals surface area contributed by atoms with Gasteiger partial charge in [0.25, 0.3) is 0 Å². The second kappa shape index (κ2) is 14.4. The Labute approximate surface area is 260 Å². The average molecular weight is 612 g/mol. The Bertz CT molecular complexity index is 1390. The molecule has 2 aliphatic rings. The van der Waals surface area contributed by atoms with Crippen LogP contribution in [0, 0.1) is 11.8 Å². The van der Waals surface area contributed by atoms with Gasteiger partial charge in [-0.2, -0.15) is 5.10 Å². The maximum atomic E-state index is 11.0. The van der Waals surface area contributed by atoms with Gasteiger partial charge in [-0.3, -0.25) is 19.3 Å². The van der Waals surface area contributed by atoms with Gasteiger partial charge in [0.1, 0.15) is 5.69 Å². The summed E-state index contributed by atoms with van der Waals surface area (Å²) in [6.45, 7) is 15.5. The molecule has 1 aliphatic heterocycles. The number of fused-ring (bicyclic) bond motifs is 1. The standard InChI is InChI=1S/C17H16ClN3O.C8H16N2O.C8H14O2/c1-17(2,3)14-8-15(11-4-6-12(18)7-5-11)20-21-9-13(10-22)19-16(14)21;1-8(2)6-10(7-11)5-4-9(8)3;1-6-2-4-7(5-3-6)8(9)10/h4-10H,1-3H3;7H,4-6H2,1-3H3;6-7H,2-5H2,1H3,(H,9,10). The van der Waals surface area contributed by atoms with Crippen molar-refractivity contribution in [3.63, 3.8) is 0 Å². The summed E-state index contributed by atoms with van der Waals surface area (Å²) in [5.74, 6) is 0.0960. The summed E-state index contributed by atoms with van der Waals surface area (Å²) in [4.78, 5) is 40.4. The number of hydrogen-bond acceptors (Lipinski definition) is 6. The van der Waals surface area contributed by atoms with Gasteiger partial charge < -0.3 is 10.0 Å². The number of carbonyl (C=O) groups is 3. The van der Waals surface area contributed by atoms with Crippen molar-refractivity contribution in [1.82, 2.24) is 24.4 Å². The van der Waals surface area contributed by atoms with Crippen molar-refractivity contribution in [2.75, 3.05) is 26.7 Å². The highest BCUT2D eigenvalue weighted by molar-refractivity contribution is 6.30. The molecule has 1 saturated heterocycles. The van der Waals surface area contributed by atoms with Gasteiger partial charge in [0.05, 0.1) is 17.8 Å². The third-order valence-corrected chi connectivity index (χ3v) is 8.62. The number of nitrogens with zero attached hydrogens (tertiary/aromatic N) is 5. The maximum absolute atomic E-state index is 11.0. The average Bonchev–Trinajstić information content (AvgIpc) is 3.38. The zero-order valence-electron chi connectivity index (χ0n) is 26.5. The van der Waals surface area contributed by atoms with Crippen molar-refractivity contribution >= 4 is 35.9 Å². The van der Waals surface area contributed by atoms with Gasteiger partial charge in [-0.25, -0.2) is 9.50 Å². The van der Waals surface area contributed by atoms with Gasteiger partial charge in [0.15, 0.2) is 11.9 Å². The summed E-state index contributed by atoms with van der Waals surface area (Å²) in [6, 6.07) is 9.57. The van der Waals surface area contributed by atoms with E-state index in [-0.39, 0.29) is 16.9 Å². The van der Waals surface area contributed by atoms with E-state index in [0.717, 1.165) is 80.8 Å². The molecular formula is C33H46ClN5O4. The molecule has 2 aromatic heterocycles. The highest BCUT2D eigenvalue weighted by Gasteiger charge is 2.30.